The van der Waals surface area contributed by atoms with Gasteiger partial charge in [0.2, 0.25) is 0 Å². The molecule has 0 N–H and O–H groups in total. The van der Waals surface area contributed by atoms with Gasteiger partial charge in [0.15, 0.2) is 5.82 Å². The van der Waals surface area contributed by atoms with Crippen molar-refractivity contribution in [3.05, 3.63) is 23.6 Å². The SMILES string of the molecule is CCc1nc(-c2nncn2COCC[Si](C)(C)C)c2sccc2n1. The third kappa shape index (κ3) is 3.88. The number of rotatable bonds is 7. The summed E-state index contributed by atoms with van der Waals surface area (Å²) in [6.07, 6.45) is 2.50. The third-order valence-corrected chi connectivity index (χ3v) is 6.33. The van der Waals surface area contributed by atoms with Gasteiger partial charge in [-0.3, -0.25) is 4.57 Å². The molecule has 3 rings (SSSR count). The third-order valence-electron chi connectivity index (χ3n) is 3.72. The van der Waals surface area contributed by atoms with E-state index in [4.69, 9.17) is 4.74 Å². The molecule has 3 heterocycles. The van der Waals surface area contributed by atoms with E-state index >= 15 is 0 Å². The summed E-state index contributed by atoms with van der Waals surface area (Å²) in [5, 5.41) is 10.4. The Morgan fingerprint density at radius 1 is 1.25 bits per heavy atom. The number of fused-ring (bicyclic) bond motifs is 1. The Hall–Kier alpha value is -1.64. The Morgan fingerprint density at radius 3 is 2.83 bits per heavy atom. The lowest BCUT2D eigenvalue weighted by Crippen LogP contribution is -2.22. The van der Waals surface area contributed by atoms with E-state index in [1.54, 1.807) is 17.7 Å². The van der Waals surface area contributed by atoms with Crippen LogP contribution in [0.1, 0.15) is 12.7 Å². The van der Waals surface area contributed by atoms with Crippen molar-refractivity contribution in [1.82, 2.24) is 24.7 Å². The Kier molecular flexibility index (Phi) is 5.07. The molecule has 0 unspecified atom stereocenters. The van der Waals surface area contributed by atoms with Crippen LogP contribution in [0.4, 0.5) is 0 Å². The minimum atomic E-state index is -1.08. The molecule has 6 nitrogen and oxygen atoms in total. The van der Waals surface area contributed by atoms with Gasteiger partial charge in [-0.2, -0.15) is 0 Å². The summed E-state index contributed by atoms with van der Waals surface area (Å²) in [5.41, 5.74) is 1.81. The lowest BCUT2D eigenvalue weighted by molar-refractivity contribution is 0.0880. The zero-order valence-corrected chi connectivity index (χ0v) is 16.4. The smallest absolute Gasteiger partial charge is 0.185 e. The quantitative estimate of drug-likeness (QED) is 0.473. The lowest BCUT2D eigenvalue weighted by Gasteiger charge is -2.15. The second-order valence-electron chi connectivity index (χ2n) is 6.95. The summed E-state index contributed by atoms with van der Waals surface area (Å²) in [7, 11) is -1.08. The van der Waals surface area contributed by atoms with Crippen molar-refractivity contribution in [3.63, 3.8) is 0 Å². The standard InChI is InChI=1S/C16H23N5OSSi/c1-5-13-18-12-6-8-23-15(12)14(19-13)16-20-17-10-21(16)11-22-7-9-24(2,3)4/h6,8,10H,5,7,9,11H2,1-4H3. The topological polar surface area (TPSA) is 65.7 Å². The van der Waals surface area contributed by atoms with Crippen LogP contribution in [0.5, 0.6) is 0 Å². The van der Waals surface area contributed by atoms with Crippen molar-refractivity contribution in [2.75, 3.05) is 6.61 Å². The molecule has 0 aromatic carbocycles. The molecule has 8 heteroatoms. The summed E-state index contributed by atoms with van der Waals surface area (Å²) in [6.45, 7) is 10.3. The molecule has 0 saturated carbocycles. The monoisotopic (exact) mass is 361 g/mol. The van der Waals surface area contributed by atoms with Crippen LogP contribution in [0.25, 0.3) is 21.7 Å². The van der Waals surface area contributed by atoms with E-state index in [-0.39, 0.29) is 0 Å². The molecule has 0 radical (unpaired) electrons. The van der Waals surface area contributed by atoms with Crippen LogP contribution in [-0.4, -0.2) is 39.4 Å². The van der Waals surface area contributed by atoms with Crippen LogP contribution < -0.4 is 0 Å². The first-order valence-corrected chi connectivity index (χ1v) is 12.8. The lowest BCUT2D eigenvalue weighted by atomic mass is 10.3. The molecule has 0 aliphatic carbocycles. The number of aryl methyl sites for hydroxylation is 1. The van der Waals surface area contributed by atoms with Gasteiger partial charge < -0.3 is 4.74 Å². The highest BCUT2D eigenvalue weighted by Crippen LogP contribution is 2.29. The zero-order chi connectivity index (χ0) is 17.2. The van der Waals surface area contributed by atoms with Crippen LogP contribution in [0.3, 0.4) is 0 Å². The van der Waals surface area contributed by atoms with Crippen molar-refractivity contribution in [2.24, 2.45) is 0 Å². The largest absolute Gasteiger partial charge is 0.361 e. The highest BCUT2D eigenvalue weighted by atomic mass is 32.1. The molecular weight excluding hydrogens is 338 g/mol. The Labute approximate surface area is 146 Å². The first-order valence-electron chi connectivity index (χ1n) is 8.18. The van der Waals surface area contributed by atoms with E-state index in [9.17, 15) is 0 Å². The van der Waals surface area contributed by atoms with Crippen molar-refractivity contribution >= 4 is 29.6 Å². The fourth-order valence-electron chi connectivity index (χ4n) is 2.30. The summed E-state index contributed by atoms with van der Waals surface area (Å²) in [4.78, 5) is 9.26. The maximum absolute atomic E-state index is 5.84. The van der Waals surface area contributed by atoms with Crippen LogP contribution in [-0.2, 0) is 17.9 Å². The minimum Gasteiger partial charge on any atom is -0.361 e. The molecule has 3 aromatic heterocycles. The maximum Gasteiger partial charge on any atom is 0.185 e. The fraction of sp³-hybridized carbons (Fsp3) is 0.500. The second-order valence-corrected chi connectivity index (χ2v) is 13.5. The number of nitrogens with zero attached hydrogens (tertiary/aromatic N) is 5. The van der Waals surface area contributed by atoms with Gasteiger partial charge in [-0.1, -0.05) is 26.6 Å². The second kappa shape index (κ2) is 7.08. The van der Waals surface area contributed by atoms with Crippen LogP contribution in [0, 0.1) is 0 Å². The minimum absolute atomic E-state index is 0.450. The molecule has 0 saturated heterocycles. The molecule has 0 atom stereocenters. The van der Waals surface area contributed by atoms with E-state index in [2.05, 4.69) is 46.7 Å². The number of aromatic nitrogens is 5. The molecule has 0 fully saturated rings. The summed E-state index contributed by atoms with van der Waals surface area (Å²) in [5.74, 6) is 1.57. The van der Waals surface area contributed by atoms with Crippen LogP contribution in [0.2, 0.25) is 25.7 Å². The van der Waals surface area contributed by atoms with E-state index in [1.807, 2.05) is 16.0 Å². The Bertz CT molecular complexity index is 823. The molecule has 0 bridgehead atoms. The van der Waals surface area contributed by atoms with E-state index in [0.717, 1.165) is 46.6 Å². The molecular formula is C16H23N5OSSi. The van der Waals surface area contributed by atoms with Gasteiger partial charge in [0.1, 0.15) is 24.6 Å². The number of hydrogen-bond donors (Lipinski definition) is 0. The first-order chi connectivity index (χ1) is 11.5. The Balaban J connectivity index is 1.84. The van der Waals surface area contributed by atoms with Crippen LogP contribution in [0.15, 0.2) is 17.8 Å². The van der Waals surface area contributed by atoms with Gasteiger partial charge in [0, 0.05) is 21.1 Å². The fourth-order valence-corrected chi connectivity index (χ4v) is 3.87. The first kappa shape index (κ1) is 17.2. The van der Waals surface area contributed by atoms with Gasteiger partial charge in [-0.25, -0.2) is 9.97 Å². The van der Waals surface area contributed by atoms with Crippen molar-refractivity contribution < 1.29 is 4.74 Å². The molecule has 0 aliphatic heterocycles. The van der Waals surface area contributed by atoms with E-state index < -0.39 is 8.07 Å². The highest BCUT2D eigenvalue weighted by molar-refractivity contribution is 7.17. The van der Waals surface area contributed by atoms with Gasteiger partial charge >= 0.3 is 0 Å². The average Bonchev–Trinajstić information content (AvgIpc) is 3.18. The number of hydrogen-bond acceptors (Lipinski definition) is 6. The molecule has 0 spiro atoms. The van der Waals surface area contributed by atoms with Crippen LogP contribution >= 0.6 is 11.3 Å². The normalized spacial score (nSPS) is 12.2. The molecule has 128 valence electrons. The van der Waals surface area contributed by atoms with E-state index in [0.29, 0.717) is 6.73 Å². The molecule has 3 aromatic rings. The molecule has 24 heavy (non-hydrogen) atoms. The predicted molar refractivity (Wildman–Crippen MR) is 99.9 cm³/mol. The van der Waals surface area contributed by atoms with Gasteiger partial charge in [-0.15, -0.1) is 21.5 Å². The van der Waals surface area contributed by atoms with Gasteiger partial charge in [0.05, 0.1) is 10.2 Å². The van der Waals surface area contributed by atoms with Crippen molar-refractivity contribution in [2.45, 2.75) is 45.8 Å². The summed E-state index contributed by atoms with van der Waals surface area (Å²) >= 11 is 1.63. The predicted octanol–water partition coefficient (Wildman–Crippen LogP) is 3.82. The molecule has 0 aliphatic rings. The average molecular weight is 362 g/mol. The van der Waals surface area contributed by atoms with Crippen molar-refractivity contribution in [1.29, 1.82) is 0 Å². The van der Waals surface area contributed by atoms with Crippen molar-refractivity contribution in [3.8, 4) is 11.5 Å². The van der Waals surface area contributed by atoms with Gasteiger partial charge in [0.25, 0.3) is 0 Å². The Morgan fingerprint density at radius 2 is 2.08 bits per heavy atom. The van der Waals surface area contributed by atoms with Gasteiger partial charge in [-0.05, 0) is 17.5 Å². The summed E-state index contributed by atoms with van der Waals surface area (Å²) in [6, 6.07) is 3.17. The highest BCUT2D eigenvalue weighted by Gasteiger charge is 2.17. The number of ether oxygens (including phenoxy) is 1. The number of thiophene rings is 1. The maximum atomic E-state index is 5.84. The molecule has 0 amide bonds. The summed E-state index contributed by atoms with van der Waals surface area (Å²) < 4.78 is 8.81. The zero-order valence-electron chi connectivity index (χ0n) is 14.6. The van der Waals surface area contributed by atoms with E-state index in [1.165, 1.54) is 0 Å².